The molecule has 0 bridgehead atoms. The van der Waals surface area contributed by atoms with Gasteiger partial charge in [0.1, 0.15) is 0 Å². The molecule has 2 rings (SSSR count). The summed E-state index contributed by atoms with van der Waals surface area (Å²) in [5.74, 6) is -1.12. The van der Waals surface area contributed by atoms with Gasteiger partial charge in [0, 0.05) is 13.1 Å². The predicted molar refractivity (Wildman–Crippen MR) is 73.3 cm³/mol. The highest BCUT2D eigenvalue weighted by atomic mass is 16.4. The standard InChI is InChI=1S/C14H24N2O4/c1-16(11-4-2-3-5-12(11)17)14(20)15-10-7-6-9(8-10)13(18)19/h9-12,17H,2-8H2,1H3,(H,15,20)(H,18,19)/t9-,10+,11?,12?/m1/s1. The summed E-state index contributed by atoms with van der Waals surface area (Å²) in [4.78, 5) is 24.7. The molecule has 0 saturated heterocycles. The van der Waals surface area contributed by atoms with Crippen LogP contribution in [0, 0.1) is 5.92 Å². The highest BCUT2D eigenvalue weighted by molar-refractivity contribution is 5.75. The van der Waals surface area contributed by atoms with Gasteiger partial charge in [0.05, 0.1) is 18.1 Å². The molecule has 0 aromatic rings. The van der Waals surface area contributed by atoms with E-state index in [1.807, 2.05) is 0 Å². The topological polar surface area (TPSA) is 89.9 Å². The number of likely N-dealkylation sites (N-methyl/N-ethyl adjacent to an activating group) is 1. The van der Waals surface area contributed by atoms with E-state index in [0.717, 1.165) is 25.7 Å². The quantitative estimate of drug-likeness (QED) is 0.726. The largest absolute Gasteiger partial charge is 0.481 e. The number of hydrogen-bond acceptors (Lipinski definition) is 3. The Bertz CT molecular complexity index is 374. The van der Waals surface area contributed by atoms with Crippen molar-refractivity contribution in [3.63, 3.8) is 0 Å². The van der Waals surface area contributed by atoms with Crippen molar-refractivity contribution in [1.82, 2.24) is 10.2 Å². The number of urea groups is 1. The molecule has 114 valence electrons. The molecule has 4 atom stereocenters. The molecule has 6 heteroatoms. The van der Waals surface area contributed by atoms with Gasteiger partial charge in [-0.15, -0.1) is 0 Å². The van der Waals surface area contributed by atoms with Crippen molar-refractivity contribution in [3.05, 3.63) is 0 Å². The van der Waals surface area contributed by atoms with Crippen LogP contribution in [0.25, 0.3) is 0 Å². The van der Waals surface area contributed by atoms with E-state index in [9.17, 15) is 14.7 Å². The van der Waals surface area contributed by atoms with Crippen LogP contribution in [-0.4, -0.2) is 52.3 Å². The van der Waals surface area contributed by atoms with Crippen molar-refractivity contribution >= 4 is 12.0 Å². The lowest BCUT2D eigenvalue weighted by atomic mass is 9.92. The van der Waals surface area contributed by atoms with Crippen LogP contribution in [0.1, 0.15) is 44.9 Å². The van der Waals surface area contributed by atoms with Crippen LogP contribution in [0.3, 0.4) is 0 Å². The second-order valence-electron chi connectivity index (χ2n) is 6.02. The number of aliphatic hydroxyl groups excluding tert-OH is 1. The summed E-state index contributed by atoms with van der Waals surface area (Å²) in [5.41, 5.74) is 0. The molecule has 2 aliphatic rings. The van der Waals surface area contributed by atoms with E-state index >= 15 is 0 Å². The summed E-state index contributed by atoms with van der Waals surface area (Å²) < 4.78 is 0. The zero-order valence-corrected chi connectivity index (χ0v) is 11.9. The third-order valence-corrected chi connectivity index (χ3v) is 4.62. The molecule has 3 N–H and O–H groups in total. The molecule has 0 aromatic heterocycles. The van der Waals surface area contributed by atoms with E-state index in [2.05, 4.69) is 5.32 Å². The molecule has 6 nitrogen and oxygen atoms in total. The van der Waals surface area contributed by atoms with Gasteiger partial charge >= 0.3 is 12.0 Å². The average molecular weight is 284 g/mol. The number of aliphatic hydroxyl groups is 1. The van der Waals surface area contributed by atoms with Crippen LogP contribution >= 0.6 is 0 Å². The van der Waals surface area contributed by atoms with Gasteiger partial charge in [-0.3, -0.25) is 4.79 Å². The molecule has 2 saturated carbocycles. The number of carbonyl (C=O) groups is 2. The third-order valence-electron chi connectivity index (χ3n) is 4.62. The number of carbonyl (C=O) groups excluding carboxylic acids is 1. The molecular formula is C14H24N2O4. The van der Waals surface area contributed by atoms with Crippen LogP contribution in [0.15, 0.2) is 0 Å². The Labute approximate surface area is 119 Å². The summed E-state index contributed by atoms with van der Waals surface area (Å²) >= 11 is 0. The lowest BCUT2D eigenvalue weighted by Gasteiger charge is -2.35. The Hall–Kier alpha value is -1.30. The maximum absolute atomic E-state index is 12.2. The molecule has 0 radical (unpaired) electrons. The van der Waals surface area contributed by atoms with Crippen LogP contribution in [-0.2, 0) is 4.79 Å². The van der Waals surface area contributed by atoms with Crippen molar-refractivity contribution in [3.8, 4) is 0 Å². The molecular weight excluding hydrogens is 260 g/mol. The summed E-state index contributed by atoms with van der Waals surface area (Å²) in [6.45, 7) is 0. The molecule has 20 heavy (non-hydrogen) atoms. The van der Waals surface area contributed by atoms with Gasteiger partial charge in [-0.25, -0.2) is 4.79 Å². The Balaban J connectivity index is 1.84. The second kappa shape index (κ2) is 6.43. The van der Waals surface area contributed by atoms with E-state index in [0.29, 0.717) is 19.3 Å². The molecule has 0 spiro atoms. The van der Waals surface area contributed by atoms with Gasteiger partial charge in [0.15, 0.2) is 0 Å². The van der Waals surface area contributed by atoms with Crippen LogP contribution < -0.4 is 5.32 Å². The van der Waals surface area contributed by atoms with Crippen molar-refractivity contribution in [2.75, 3.05) is 7.05 Å². The van der Waals surface area contributed by atoms with Crippen LogP contribution in [0.5, 0.6) is 0 Å². The first kappa shape index (κ1) is 15.1. The number of hydrogen-bond donors (Lipinski definition) is 3. The highest BCUT2D eigenvalue weighted by Crippen LogP contribution is 2.26. The Morgan fingerprint density at radius 3 is 2.45 bits per heavy atom. The summed E-state index contributed by atoms with van der Waals surface area (Å²) in [5, 5.41) is 21.8. The van der Waals surface area contributed by atoms with Gasteiger partial charge in [-0.2, -0.15) is 0 Å². The number of nitrogens with one attached hydrogen (secondary N) is 1. The first-order valence-corrected chi connectivity index (χ1v) is 7.43. The Kier molecular flexibility index (Phi) is 4.86. The SMILES string of the molecule is CN(C(=O)N[C@H]1CC[C@@H](C(=O)O)C1)C1CCCCC1O. The molecule has 0 aromatic carbocycles. The maximum Gasteiger partial charge on any atom is 0.317 e. The van der Waals surface area contributed by atoms with E-state index in [1.54, 1.807) is 11.9 Å². The number of aliphatic carboxylic acids is 1. The van der Waals surface area contributed by atoms with Crippen molar-refractivity contribution in [2.24, 2.45) is 5.92 Å². The molecule has 2 amide bonds. The second-order valence-corrected chi connectivity index (χ2v) is 6.02. The zero-order valence-electron chi connectivity index (χ0n) is 11.9. The highest BCUT2D eigenvalue weighted by Gasteiger charge is 2.33. The van der Waals surface area contributed by atoms with Crippen molar-refractivity contribution in [2.45, 2.75) is 63.1 Å². The fourth-order valence-electron chi connectivity index (χ4n) is 3.31. The fourth-order valence-corrected chi connectivity index (χ4v) is 3.31. The van der Waals surface area contributed by atoms with Crippen LogP contribution in [0.4, 0.5) is 4.79 Å². The normalized spacial score (nSPS) is 33.7. The minimum Gasteiger partial charge on any atom is -0.481 e. The van der Waals surface area contributed by atoms with Gasteiger partial charge in [-0.05, 0) is 32.1 Å². The minimum absolute atomic E-state index is 0.0632. The first-order chi connectivity index (χ1) is 9.49. The average Bonchev–Trinajstić information content (AvgIpc) is 2.87. The van der Waals surface area contributed by atoms with E-state index in [-0.39, 0.29) is 24.0 Å². The van der Waals surface area contributed by atoms with E-state index < -0.39 is 12.1 Å². The molecule has 2 unspecified atom stereocenters. The van der Waals surface area contributed by atoms with Gasteiger partial charge in [0.25, 0.3) is 0 Å². The lowest BCUT2D eigenvalue weighted by molar-refractivity contribution is -0.141. The van der Waals surface area contributed by atoms with Gasteiger partial charge in [-0.1, -0.05) is 12.8 Å². The summed E-state index contributed by atoms with van der Waals surface area (Å²) in [6, 6.07) is -0.390. The maximum atomic E-state index is 12.2. The fraction of sp³-hybridized carbons (Fsp3) is 0.857. The number of amides is 2. The monoisotopic (exact) mass is 284 g/mol. The van der Waals surface area contributed by atoms with E-state index in [1.165, 1.54) is 0 Å². The number of rotatable bonds is 3. The summed E-state index contributed by atoms with van der Waals surface area (Å²) in [6.07, 6.45) is 5.00. The smallest absolute Gasteiger partial charge is 0.317 e. The number of carboxylic acid groups (broad SMARTS) is 1. The zero-order chi connectivity index (χ0) is 14.7. The first-order valence-electron chi connectivity index (χ1n) is 7.43. The third kappa shape index (κ3) is 3.42. The Morgan fingerprint density at radius 1 is 1.15 bits per heavy atom. The van der Waals surface area contributed by atoms with Crippen LogP contribution in [0.2, 0.25) is 0 Å². The number of nitrogens with zero attached hydrogens (tertiary/aromatic N) is 1. The predicted octanol–water partition coefficient (Wildman–Crippen LogP) is 1.18. The molecule has 0 aliphatic heterocycles. The van der Waals surface area contributed by atoms with Crippen molar-refractivity contribution < 1.29 is 19.8 Å². The molecule has 0 heterocycles. The number of carboxylic acids is 1. The molecule has 2 fully saturated rings. The van der Waals surface area contributed by atoms with Crippen molar-refractivity contribution in [1.29, 1.82) is 0 Å². The summed E-state index contributed by atoms with van der Waals surface area (Å²) in [7, 11) is 1.71. The minimum atomic E-state index is -0.780. The van der Waals surface area contributed by atoms with E-state index in [4.69, 9.17) is 5.11 Å². The van der Waals surface area contributed by atoms with Gasteiger partial charge < -0.3 is 20.4 Å². The lowest BCUT2D eigenvalue weighted by Crippen LogP contribution is -2.51. The Morgan fingerprint density at radius 2 is 1.85 bits per heavy atom. The molecule has 2 aliphatic carbocycles. The van der Waals surface area contributed by atoms with Gasteiger partial charge in [0.2, 0.25) is 0 Å².